The average molecular weight is 158 g/mol. The first-order valence-corrected chi connectivity index (χ1v) is 3.96. The van der Waals surface area contributed by atoms with Crippen LogP contribution >= 0.6 is 0 Å². The molecular formula is C7H14N2O2. The zero-order valence-electron chi connectivity index (χ0n) is 6.63. The van der Waals surface area contributed by atoms with Crippen LogP contribution in [-0.4, -0.2) is 29.8 Å². The SMILES string of the molecule is CCNC1CC[C@@H](C(=O)O)N1. The maximum atomic E-state index is 10.5. The number of aliphatic carboxylic acids is 1. The molecule has 2 atom stereocenters. The number of nitrogens with one attached hydrogen (secondary N) is 2. The Bertz CT molecular complexity index is 149. The van der Waals surface area contributed by atoms with E-state index in [2.05, 4.69) is 10.6 Å². The van der Waals surface area contributed by atoms with Crippen LogP contribution < -0.4 is 10.6 Å². The number of carboxylic acids is 1. The largest absolute Gasteiger partial charge is 0.480 e. The van der Waals surface area contributed by atoms with Gasteiger partial charge in [-0.2, -0.15) is 0 Å². The Hall–Kier alpha value is -0.610. The lowest BCUT2D eigenvalue weighted by atomic mass is 10.2. The molecule has 0 aromatic heterocycles. The fraction of sp³-hybridized carbons (Fsp3) is 0.857. The maximum absolute atomic E-state index is 10.5. The first-order chi connectivity index (χ1) is 5.24. The van der Waals surface area contributed by atoms with Gasteiger partial charge in [0.05, 0.1) is 6.17 Å². The lowest BCUT2D eigenvalue weighted by molar-refractivity contribution is -0.139. The first-order valence-electron chi connectivity index (χ1n) is 3.96. The van der Waals surface area contributed by atoms with Crippen LogP contribution in [0.5, 0.6) is 0 Å². The summed E-state index contributed by atoms with van der Waals surface area (Å²) in [6, 6.07) is -0.348. The third-order valence-electron chi connectivity index (χ3n) is 1.90. The molecule has 4 nitrogen and oxygen atoms in total. The van der Waals surface area contributed by atoms with Crippen LogP contribution in [0.25, 0.3) is 0 Å². The van der Waals surface area contributed by atoms with Crippen molar-refractivity contribution in [3.63, 3.8) is 0 Å². The topological polar surface area (TPSA) is 61.4 Å². The average Bonchev–Trinajstić information content (AvgIpc) is 2.37. The van der Waals surface area contributed by atoms with E-state index in [-0.39, 0.29) is 12.2 Å². The molecular weight excluding hydrogens is 144 g/mol. The van der Waals surface area contributed by atoms with Gasteiger partial charge in [0, 0.05) is 0 Å². The third kappa shape index (κ3) is 2.17. The zero-order valence-corrected chi connectivity index (χ0v) is 6.63. The van der Waals surface area contributed by atoms with Gasteiger partial charge in [-0.1, -0.05) is 6.92 Å². The van der Waals surface area contributed by atoms with E-state index in [4.69, 9.17) is 5.11 Å². The van der Waals surface area contributed by atoms with Crippen LogP contribution in [0.3, 0.4) is 0 Å². The van der Waals surface area contributed by atoms with E-state index in [1.807, 2.05) is 6.92 Å². The second kappa shape index (κ2) is 3.69. The predicted octanol–water partition coefficient (Wildman–Crippen LogP) is -0.241. The van der Waals surface area contributed by atoms with Crippen LogP contribution in [-0.2, 0) is 4.79 Å². The Labute approximate surface area is 66.0 Å². The van der Waals surface area contributed by atoms with Crippen molar-refractivity contribution in [2.24, 2.45) is 0 Å². The van der Waals surface area contributed by atoms with Crippen molar-refractivity contribution in [3.05, 3.63) is 0 Å². The lowest BCUT2D eigenvalue weighted by Crippen LogP contribution is -2.43. The van der Waals surface area contributed by atoms with Crippen molar-refractivity contribution in [1.82, 2.24) is 10.6 Å². The smallest absolute Gasteiger partial charge is 0.320 e. The molecule has 0 aromatic rings. The Morgan fingerprint density at radius 2 is 2.45 bits per heavy atom. The molecule has 1 aliphatic heterocycles. The van der Waals surface area contributed by atoms with Gasteiger partial charge in [-0.25, -0.2) is 0 Å². The quantitative estimate of drug-likeness (QED) is 0.530. The molecule has 1 saturated heterocycles. The molecule has 1 aliphatic rings. The molecule has 4 heteroatoms. The molecule has 1 unspecified atom stereocenters. The number of carbonyl (C=O) groups is 1. The standard InChI is InChI=1S/C7H14N2O2/c1-2-8-6-4-3-5(9-6)7(10)11/h5-6,8-9H,2-4H2,1H3,(H,10,11)/t5-,6?/m0/s1. The summed E-state index contributed by atoms with van der Waals surface area (Å²) in [5.74, 6) is -0.745. The minimum atomic E-state index is -0.745. The summed E-state index contributed by atoms with van der Waals surface area (Å²) in [7, 11) is 0. The van der Waals surface area contributed by atoms with Crippen molar-refractivity contribution in [1.29, 1.82) is 0 Å². The molecule has 11 heavy (non-hydrogen) atoms. The van der Waals surface area contributed by atoms with Crippen molar-refractivity contribution < 1.29 is 9.90 Å². The molecule has 0 bridgehead atoms. The summed E-state index contributed by atoms with van der Waals surface area (Å²) >= 11 is 0. The minimum absolute atomic E-state index is 0.195. The number of carboxylic acid groups (broad SMARTS) is 1. The Balaban J connectivity index is 2.29. The highest BCUT2D eigenvalue weighted by Gasteiger charge is 2.27. The Morgan fingerprint density at radius 3 is 2.91 bits per heavy atom. The number of rotatable bonds is 3. The normalized spacial score (nSPS) is 30.6. The van der Waals surface area contributed by atoms with Gasteiger partial charge in [-0.3, -0.25) is 10.1 Å². The number of hydrogen-bond acceptors (Lipinski definition) is 3. The van der Waals surface area contributed by atoms with Gasteiger partial charge < -0.3 is 10.4 Å². The molecule has 0 radical (unpaired) electrons. The predicted molar refractivity (Wildman–Crippen MR) is 41.3 cm³/mol. The van der Waals surface area contributed by atoms with E-state index < -0.39 is 5.97 Å². The Kier molecular flexibility index (Phi) is 2.84. The molecule has 3 N–H and O–H groups in total. The summed E-state index contributed by atoms with van der Waals surface area (Å²) in [6.07, 6.45) is 1.83. The molecule has 1 fully saturated rings. The van der Waals surface area contributed by atoms with E-state index in [9.17, 15) is 4.79 Å². The third-order valence-corrected chi connectivity index (χ3v) is 1.90. The molecule has 0 spiro atoms. The van der Waals surface area contributed by atoms with Gasteiger partial charge in [0.25, 0.3) is 0 Å². The van der Waals surface area contributed by atoms with Crippen LogP contribution in [0.4, 0.5) is 0 Å². The van der Waals surface area contributed by atoms with Crippen molar-refractivity contribution in [3.8, 4) is 0 Å². The van der Waals surface area contributed by atoms with Crippen LogP contribution in [0.2, 0.25) is 0 Å². The summed E-state index contributed by atoms with van der Waals surface area (Å²) in [4.78, 5) is 10.5. The van der Waals surface area contributed by atoms with Crippen LogP contribution in [0.1, 0.15) is 19.8 Å². The van der Waals surface area contributed by atoms with Crippen molar-refractivity contribution >= 4 is 5.97 Å². The zero-order chi connectivity index (χ0) is 8.27. The molecule has 0 aliphatic carbocycles. The van der Waals surface area contributed by atoms with Gasteiger partial charge in [-0.15, -0.1) is 0 Å². The molecule has 0 amide bonds. The summed E-state index contributed by atoms with van der Waals surface area (Å²) in [5, 5.41) is 14.7. The highest BCUT2D eigenvalue weighted by Crippen LogP contribution is 2.09. The van der Waals surface area contributed by atoms with E-state index in [0.29, 0.717) is 0 Å². The van der Waals surface area contributed by atoms with Crippen LogP contribution in [0.15, 0.2) is 0 Å². The fourth-order valence-electron chi connectivity index (χ4n) is 1.35. The van der Waals surface area contributed by atoms with Gasteiger partial charge in [-0.05, 0) is 19.4 Å². The van der Waals surface area contributed by atoms with E-state index in [0.717, 1.165) is 19.4 Å². The van der Waals surface area contributed by atoms with Gasteiger partial charge in [0.15, 0.2) is 0 Å². The lowest BCUT2D eigenvalue weighted by Gasteiger charge is -2.11. The highest BCUT2D eigenvalue weighted by atomic mass is 16.4. The molecule has 1 heterocycles. The van der Waals surface area contributed by atoms with Crippen molar-refractivity contribution in [2.45, 2.75) is 32.0 Å². The molecule has 1 rings (SSSR count). The summed E-state index contributed by atoms with van der Waals surface area (Å²) in [5.41, 5.74) is 0. The summed E-state index contributed by atoms with van der Waals surface area (Å²) < 4.78 is 0. The fourth-order valence-corrected chi connectivity index (χ4v) is 1.35. The molecule has 0 saturated carbocycles. The van der Waals surface area contributed by atoms with E-state index in [1.165, 1.54) is 0 Å². The Morgan fingerprint density at radius 1 is 1.73 bits per heavy atom. The van der Waals surface area contributed by atoms with E-state index in [1.54, 1.807) is 0 Å². The molecule has 64 valence electrons. The highest BCUT2D eigenvalue weighted by molar-refractivity contribution is 5.73. The maximum Gasteiger partial charge on any atom is 0.320 e. The number of hydrogen-bond donors (Lipinski definition) is 3. The monoisotopic (exact) mass is 158 g/mol. The van der Waals surface area contributed by atoms with Gasteiger partial charge in [0.1, 0.15) is 6.04 Å². The van der Waals surface area contributed by atoms with Gasteiger partial charge >= 0.3 is 5.97 Å². The second-order valence-electron chi connectivity index (χ2n) is 2.75. The van der Waals surface area contributed by atoms with Crippen molar-refractivity contribution in [2.75, 3.05) is 6.54 Å². The second-order valence-corrected chi connectivity index (χ2v) is 2.75. The van der Waals surface area contributed by atoms with Crippen LogP contribution in [0, 0.1) is 0 Å². The minimum Gasteiger partial charge on any atom is -0.480 e. The van der Waals surface area contributed by atoms with Gasteiger partial charge in [0.2, 0.25) is 0 Å². The first kappa shape index (κ1) is 8.49. The van der Waals surface area contributed by atoms with E-state index >= 15 is 0 Å². The molecule has 0 aromatic carbocycles. The summed E-state index contributed by atoms with van der Waals surface area (Å²) in [6.45, 7) is 2.89.